The van der Waals surface area contributed by atoms with Gasteiger partial charge in [-0.2, -0.15) is 13.2 Å². The highest BCUT2D eigenvalue weighted by atomic mass is 19.4. The van der Waals surface area contributed by atoms with Gasteiger partial charge < -0.3 is 19.9 Å². The van der Waals surface area contributed by atoms with Gasteiger partial charge in [0.1, 0.15) is 6.61 Å². The van der Waals surface area contributed by atoms with E-state index in [0.717, 1.165) is 11.1 Å². The van der Waals surface area contributed by atoms with E-state index in [-0.39, 0.29) is 12.5 Å². The molecule has 33 heavy (non-hydrogen) atoms. The van der Waals surface area contributed by atoms with E-state index in [0.29, 0.717) is 17.2 Å². The number of nitrogens with zero attached hydrogens (tertiary/aromatic N) is 1. The van der Waals surface area contributed by atoms with E-state index in [1.54, 1.807) is 24.5 Å². The number of alkyl halides is 3. The number of aliphatic carboxylic acids is 1. The van der Waals surface area contributed by atoms with Crippen molar-refractivity contribution in [2.45, 2.75) is 19.2 Å². The van der Waals surface area contributed by atoms with Gasteiger partial charge in [-0.15, -0.1) is 0 Å². The van der Waals surface area contributed by atoms with Crippen LogP contribution in [0.15, 0.2) is 67.0 Å². The van der Waals surface area contributed by atoms with Gasteiger partial charge in [-0.3, -0.25) is 9.78 Å². The summed E-state index contributed by atoms with van der Waals surface area (Å²) in [7, 11) is 0. The van der Waals surface area contributed by atoms with E-state index >= 15 is 0 Å². The van der Waals surface area contributed by atoms with Crippen molar-refractivity contribution in [2.24, 2.45) is 0 Å². The number of hydrogen-bond donors (Lipinski definition) is 2. The number of carbonyl (C=O) groups excluding carboxylic acids is 1. The van der Waals surface area contributed by atoms with Crippen LogP contribution in [0.2, 0.25) is 0 Å². The fraction of sp³-hybridized carbons (Fsp3) is 0.174. The maximum atomic E-state index is 12.7. The van der Waals surface area contributed by atoms with E-state index < -0.39 is 18.2 Å². The van der Waals surface area contributed by atoms with Crippen molar-refractivity contribution in [2.75, 3.05) is 11.9 Å². The highest BCUT2D eigenvalue weighted by Gasteiger charge is 2.38. The molecule has 2 aromatic carbocycles. The van der Waals surface area contributed by atoms with Gasteiger partial charge >= 0.3 is 12.1 Å². The average molecular weight is 460 g/mol. The molecule has 0 radical (unpaired) electrons. The number of benzene rings is 2. The van der Waals surface area contributed by atoms with E-state index in [4.69, 9.17) is 19.4 Å². The first kappa shape index (κ1) is 23.6. The van der Waals surface area contributed by atoms with Gasteiger partial charge in [0, 0.05) is 18.0 Å². The third kappa shape index (κ3) is 6.22. The Labute approximate surface area is 186 Å². The Morgan fingerprint density at radius 2 is 1.70 bits per heavy atom. The number of anilines is 1. The van der Waals surface area contributed by atoms with Crippen LogP contribution in [0.5, 0.6) is 11.5 Å². The minimum atomic E-state index is -5.08. The summed E-state index contributed by atoms with van der Waals surface area (Å²) in [6.45, 7) is 2.21. The zero-order chi connectivity index (χ0) is 24.0. The summed E-state index contributed by atoms with van der Waals surface area (Å²) in [4.78, 5) is 25.8. The molecule has 10 heteroatoms. The number of nitrogens with one attached hydrogen (secondary N) is 1. The van der Waals surface area contributed by atoms with Crippen molar-refractivity contribution in [3.8, 4) is 22.6 Å². The molecule has 1 atom stereocenters. The van der Waals surface area contributed by atoms with Gasteiger partial charge in [0.05, 0.1) is 5.69 Å². The largest absolute Gasteiger partial charge is 0.490 e. The van der Waals surface area contributed by atoms with Crippen LogP contribution < -0.4 is 14.8 Å². The van der Waals surface area contributed by atoms with Crippen molar-refractivity contribution in [1.82, 2.24) is 4.98 Å². The second kappa shape index (κ2) is 10.0. The number of aromatic nitrogens is 1. The lowest BCUT2D eigenvalue weighted by Gasteiger charge is -2.25. The second-order valence-corrected chi connectivity index (χ2v) is 6.94. The van der Waals surface area contributed by atoms with E-state index in [9.17, 15) is 18.0 Å². The SMILES string of the molecule is Cc1ccc(-c2cnccc2NC(=O)C2COc3ccccc3O2)cc1.O=C(O)C(F)(F)F. The molecule has 0 spiro atoms. The lowest BCUT2D eigenvalue weighted by Crippen LogP contribution is -2.40. The molecule has 7 nitrogen and oxygen atoms in total. The Balaban J connectivity index is 0.000000383. The molecule has 1 aliphatic rings. The Bertz CT molecular complexity index is 1130. The molecular weight excluding hydrogens is 441 g/mol. The van der Waals surface area contributed by atoms with Gasteiger partial charge in [0.2, 0.25) is 6.10 Å². The molecule has 1 unspecified atom stereocenters. The molecule has 0 saturated heterocycles. The summed E-state index contributed by atoms with van der Waals surface area (Å²) in [6.07, 6.45) is -2.39. The fourth-order valence-electron chi connectivity index (χ4n) is 2.83. The van der Waals surface area contributed by atoms with Crippen LogP contribution in [0, 0.1) is 6.92 Å². The molecular formula is C23H19F3N2O5. The predicted molar refractivity (Wildman–Crippen MR) is 113 cm³/mol. The van der Waals surface area contributed by atoms with E-state index in [2.05, 4.69) is 10.3 Å². The quantitative estimate of drug-likeness (QED) is 0.599. The van der Waals surface area contributed by atoms with Crippen LogP contribution in [0.3, 0.4) is 0 Å². The number of carboxylic acids is 1. The fourth-order valence-corrected chi connectivity index (χ4v) is 2.83. The number of rotatable bonds is 3. The number of carboxylic acid groups (broad SMARTS) is 1. The molecule has 1 aromatic heterocycles. The van der Waals surface area contributed by atoms with E-state index in [1.807, 2.05) is 49.4 Å². The normalized spacial score (nSPS) is 14.5. The predicted octanol–water partition coefficient (Wildman–Crippen LogP) is 4.47. The molecule has 2 heterocycles. The molecule has 0 bridgehead atoms. The van der Waals surface area contributed by atoms with Crippen LogP contribution in [-0.2, 0) is 9.59 Å². The van der Waals surface area contributed by atoms with Crippen LogP contribution in [0.4, 0.5) is 18.9 Å². The lowest BCUT2D eigenvalue weighted by atomic mass is 10.0. The van der Waals surface area contributed by atoms with Crippen LogP contribution in [0.25, 0.3) is 11.1 Å². The van der Waals surface area contributed by atoms with Crippen molar-refractivity contribution >= 4 is 17.6 Å². The summed E-state index contributed by atoms with van der Waals surface area (Å²) in [5.74, 6) is -1.78. The first-order chi connectivity index (χ1) is 15.6. The molecule has 2 N–H and O–H groups in total. The van der Waals surface area contributed by atoms with Gasteiger partial charge in [0.15, 0.2) is 11.5 Å². The number of ether oxygens (including phenoxy) is 2. The number of hydrogen-bond acceptors (Lipinski definition) is 5. The summed E-state index contributed by atoms with van der Waals surface area (Å²) >= 11 is 0. The summed E-state index contributed by atoms with van der Waals surface area (Å²) in [5.41, 5.74) is 3.72. The maximum absolute atomic E-state index is 12.7. The third-order valence-electron chi connectivity index (χ3n) is 4.49. The molecule has 1 aliphatic heterocycles. The average Bonchev–Trinajstić information content (AvgIpc) is 2.79. The number of aryl methyl sites for hydroxylation is 1. The smallest absolute Gasteiger partial charge is 0.485 e. The van der Waals surface area contributed by atoms with Gasteiger partial charge in [-0.25, -0.2) is 4.79 Å². The number of para-hydroxylation sites is 2. The number of halogens is 3. The number of amides is 1. The van der Waals surface area contributed by atoms with Crippen LogP contribution in [0.1, 0.15) is 5.56 Å². The molecule has 4 rings (SSSR count). The Kier molecular flexibility index (Phi) is 7.17. The number of carbonyl (C=O) groups is 2. The summed E-state index contributed by atoms with van der Waals surface area (Å²) in [6, 6.07) is 17.2. The zero-order valence-electron chi connectivity index (χ0n) is 17.3. The van der Waals surface area contributed by atoms with E-state index in [1.165, 1.54) is 5.56 Å². The minimum Gasteiger partial charge on any atom is -0.485 e. The molecule has 3 aromatic rings. The molecule has 0 saturated carbocycles. The van der Waals surface area contributed by atoms with Gasteiger partial charge in [-0.1, -0.05) is 42.0 Å². The molecule has 0 aliphatic carbocycles. The van der Waals surface area contributed by atoms with Crippen molar-refractivity contribution in [3.63, 3.8) is 0 Å². The molecule has 172 valence electrons. The summed E-state index contributed by atoms with van der Waals surface area (Å²) in [5, 5.41) is 10.1. The molecule has 1 amide bonds. The number of fused-ring (bicyclic) bond motifs is 1. The topological polar surface area (TPSA) is 97.8 Å². The van der Waals surface area contributed by atoms with Crippen LogP contribution >= 0.6 is 0 Å². The first-order valence-electron chi connectivity index (χ1n) is 9.65. The lowest BCUT2D eigenvalue weighted by molar-refractivity contribution is -0.192. The Hall–Kier alpha value is -4.08. The number of pyridine rings is 1. The monoisotopic (exact) mass is 460 g/mol. The highest BCUT2D eigenvalue weighted by molar-refractivity contribution is 5.98. The maximum Gasteiger partial charge on any atom is 0.490 e. The zero-order valence-corrected chi connectivity index (χ0v) is 17.3. The van der Waals surface area contributed by atoms with Crippen molar-refractivity contribution < 1.29 is 37.3 Å². The van der Waals surface area contributed by atoms with Gasteiger partial charge in [0.25, 0.3) is 5.91 Å². The Morgan fingerprint density at radius 1 is 1.06 bits per heavy atom. The second-order valence-electron chi connectivity index (χ2n) is 6.94. The standard InChI is InChI=1S/C21H18N2O3.C2HF3O2/c1-14-6-8-15(9-7-14)16-12-22-11-10-17(16)23-21(24)20-13-25-18-4-2-3-5-19(18)26-20;3-2(4,5)1(6)7/h2-12,20H,13H2,1H3,(H,22,23,24);(H,6,7). The van der Waals surface area contributed by atoms with Crippen LogP contribution in [-0.4, -0.2) is 40.9 Å². The van der Waals surface area contributed by atoms with Crippen molar-refractivity contribution in [3.05, 3.63) is 72.6 Å². The third-order valence-corrected chi connectivity index (χ3v) is 4.49. The Morgan fingerprint density at radius 3 is 2.33 bits per heavy atom. The van der Waals surface area contributed by atoms with Gasteiger partial charge in [-0.05, 0) is 30.7 Å². The van der Waals surface area contributed by atoms with Crippen molar-refractivity contribution in [1.29, 1.82) is 0 Å². The highest BCUT2D eigenvalue weighted by Crippen LogP contribution is 2.32. The minimum absolute atomic E-state index is 0.174. The summed E-state index contributed by atoms with van der Waals surface area (Å²) < 4.78 is 43.1. The molecule has 0 fully saturated rings. The first-order valence-corrected chi connectivity index (χ1v) is 9.65.